The van der Waals surface area contributed by atoms with Crippen molar-refractivity contribution in [2.24, 2.45) is 0 Å². The molecule has 4 heteroatoms. The first-order valence-electron chi connectivity index (χ1n) is 9.16. The van der Waals surface area contributed by atoms with Gasteiger partial charge in [-0.1, -0.05) is 79.8 Å². The molecule has 0 bridgehead atoms. The molecular weight excluding hydrogens is 328 g/mol. The molecule has 2 N–H and O–H groups in total. The van der Waals surface area contributed by atoms with Crippen molar-refractivity contribution in [2.45, 2.75) is 58.0 Å². The number of carboxylic acid groups (broad SMARTS) is 1. The van der Waals surface area contributed by atoms with E-state index in [-0.39, 0.29) is 12.5 Å². The van der Waals surface area contributed by atoms with Gasteiger partial charge in [0.15, 0.2) is 0 Å². The number of aliphatic carboxylic acids is 1. The molecule has 26 heavy (non-hydrogen) atoms. The minimum Gasteiger partial charge on any atom is -0.481 e. The molecule has 0 spiro atoms. The highest BCUT2D eigenvalue weighted by Gasteiger charge is 1.99. The summed E-state index contributed by atoms with van der Waals surface area (Å²) < 4.78 is 0. The number of allylic oxidation sites excluding steroid dienone is 10. The van der Waals surface area contributed by atoms with E-state index in [9.17, 15) is 4.79 Å². The Labute approximate surface area is 157 Å². The van der Waals surface area contributed by atoms with Crippen molar-refractivity contribution in [1.82, 2.24) is 0 Å². The van der Waals surface area contributed by atoms with Crippen LogP contribution >= 0.6 is 0 Å². The quantitative estimate of drug-likeness (QED) is 0.162. The molecule has 0 aliphatic heterocycles. The van der Waals surface area contributed by atoms with Crippen molar-refractivity contribution < 1.29 is 20.0 Å². The molecule has 0 fully saturated rings. The predicted molar refractivity (Wildman–Crippen MR) is 108 cm³/mol. The van der Waals surface area contributed by atoms with Crippen LogP contribution in [0.25, 0.3) is 0 Å². The van der Waals surface area contributed by atoms with E-state index in [0.29, 0.717) is 12.8 Å². The normalized spacial score (nSPS) is 14.2. The maximum Gasteiger partial charge on any atom is 0.303 e. The van der Waals surface area contributed by atoms with Crippen molar-refractivity contribution in [2.75, 3.05) is 0 Å². The molecule has 0 aromatic rings. The summed E-state index contributed by atoms with van der Waals surface area (Å²) >= 11 is 0. The van der Waals surface area contributed by atoms with Crippen molar-refractivity contribution in [3.8, 4) is 0 Å². The van der Waals surface area contributed by atoms with Crippen LogP contribution in [0, 0.1) is 0 Å². The zero-order valence-electron chi connectivity index (χ0n) is 15.7. The fourth-order valence-corrected chi connectivity index (χ4v) is 1.94. The molecule has 0 aromatic carbocycles. The lowest BCUT2D eigenvalue weighted by Crippen LogP contribution is -2.04. The van der Waals surface area contributed by atoms with Crippen LogP contribution in [0.2, 0.25) is 0 Å². The Morgan fingerprint density at radius 3 is 2.15 bits per heavy atom. The Balaban J connectivity index is 3.90. The monoisotopic (exact) mass is 360 g/mol. The Kier molecular flexibility index (Phi) is 17.6. The van der Waals surface area contributed by atoms with E-state index >= 15 is 0 Å². The van der Waals surface area contributed by atoms with Crippen molar-refractivity contribution >= 4 is 5.97 Å². The van der Waals surface area contributed by atoms with Crippen molar-refractivity contribution in [3.05, 3.63) is 72.9 Å². The average molecular weight is 360 g/mol. The Morgan fingerprint density at radius 2 is 1.50 bits per heavy atom. The van der Waals surface area contributed by atoms with Gasteiger partial charge < -0.3 is 5.11 Å². The summed E-state index contributed by atoms with van der Waals surface area (Å²) in [6, 6.07) is 0. The van der Waals surface area contributed by atoms with E-state index < -0.39 is 5.97 Å². The first-order chi connectivity index (χ1) is 12.7. The molecule has 1 atom stereocenters. The number of carboxylic acids is 1. The standard InChI is InChI=1S/C22H32O4/c1-2-3-4-5-6-7-9-12-15-18-21(26-25)19-16-13-10-8-11-14-17-20-22(23)24/h3-4,6-7,10-16,19,21,25H,2,5,8-9,17-18,20H2,1H3,(H,23,24)/b4-3-,7-6-,13-10-,14-11-,15-12-,19-16+. The minimum absolute atomic E-state index is 0.162. The molecule has 0 saturated heterocycles. The highest BCUT2D eigenvalue weighted by atomic mass is 17.1. The molecule has 0 radical (unpaired) electrons. The maximum absolute atomic E-state index is 10.3. The summed E-state index contributed by atoms with van der Waals surface area (Å²) in [5.41, 5.74) is 0. The summed E-state index contributed by atoms with van der Waals surface area (Å²) in [4.78, 5) is 14.8. The number of hydrogen-bond acceptors (Lipinski definition) is 3. The van der Waals surface area contributed by atoms with Crippen LogP contribution in [0.1, 0.15) is 51.9 Å². The fourth-order valence-electron chi connectivity index (χ4n) is 1.94. The van der Waals surface area contributed by atoms with Crippen LogP contribution in [-0.2, 0) is 9.68 Å². The topological polar surface area (TPSA) is 66.8 Å². The third-order valence-electron chi connectivity index (χ3n) is 3.32. The smallest absolute Gasteiger partial charge is 0.303 e. The molecule has 0 saturated carbocycles. The first kappa shape index (κ1) is 23.8. The minimum atomic E-state index is -0.780. The average Bonchev–Trinajstić information content (AvgIpc) is 2.63. The van der Waals surface area contributed by atoms with E-state index in [1.165, 1.54) is 0 Å². The number of carbonyl (C=O) groups is 1. The second-order valence-electron chi connectivity index (χ2n) is 5.63. The maximum atomic E-state index is 10.3. The van der Waals surface area contributed by atoms with Crippen LogP contribution in [0.15, 0.2) is 72.9 Å². The van der Waals surface area contributed by atoms with E-state index in [2.05, 4.69) is 42.2 Å². The molecule has 0 aliphatic rings. The highest BCUT2D eigenvalue weighted by molar-refractivity contribution is 5.66. The van der Waals surface area contributed by atoms with Gasteiger partial charge in [0, 0.05) is 6.42 Å². The molecule has 144 valence electrons. The third kappa shape index (κ3) is 18.2. The van der Waals surface area contributed by atoms with E-state index in [1.807, 2.05) is 36.5 Å². The summed E-state index contributed by atoms with van der Waals surface area (Å²) in [6.07, 6.45) is 28.5. The zero-order valence-corrected chi connectivity index (χ0v) is 15.7. The van der Waals surface area contributed by atoms with Crippen LogP contribution in [0.4, 0.5) is 0 Å². The van der Waals surface area contributed by atoms with Gasteiger partial charge >= 0.3 is 5.97 Å². The largest absolute Gasteiger partial charge is 0.481 e. The lowest BCUT2D eigenvalue weighted by atomic mass is 10.2. The molecule has 0 rings (SSSR count). The second kappa shape index (κ2) is 19.2. The van der Waals surface area contributed by atoms with Gasteiger partial charge in [-0.3, -0.25) is 10.1 Å². The molecule has 0 heterocycles. The molecule has 0 aromatic heterocycles. The van der Waals surface area contributed by atoms with Gasteiger partial charge in [0.2, 0.25) is 0 Å². The molecule has 1 unspecified atom stereocenters. The second-order valence-corrected chi connectivity index (χ2v) is 5.63. The summed E-state index contributed by atoms with van der Waals surface area (Å²) in [5.74, 6) is -0.780. The van der Waals surface area contributed by atoms with Crippen molar-refractivity contribution in [3.63, 3.8) is 0 Å². The third-order valence-corrected chi connectivity index (χ3v) is 3.32. The van der Waals surface area contributed by atoms with Gasteiger partial charge in [-0.2, -0.15) is 0 Å². The molecule has 0 aliphatic carbocycles. The SMILES string of the molecule is CC/C=C\C/C=C\C/C=C\CC(/C=C/C=C\C/C=C\CCC(=O)O)OO. The van der Waals surface area contributed by atoms with Crippen LogP contribution in [0.5, 0.6) is 0 Å². The van der Waals surface area contributed by atoms with Gasteiger partial charge in [-0.25, -0.2) is 4.89 Å². The van der Waals surface area contributed by atoms with Crippen molar-refractivity contribution in [1.29, 1.82) is 0 Å². The Hall–Kier alpha value is -2.17. The number of hydrogen-bond donors (Lipinski definition) is 2. The molecule has 4 nitrogen and oxygen atoms in total. The van der Waals surface area contributed by atoms with Crippen LogP contribution < -0.4 is 0 Å². The lowest BCUT2D eigenvalue weighted by molar-refractivity contribution is -0.264. The lowest BCUT2D eigenvalue weighted by Gasteiger charge is -2.03. The summed E-state index contributed by atoms with van der Waals surface area (Å²) in [6.45, 7) is 2.12. The number of rotatable bonds is 15. The summed E-state index contributed by atoms with van der Waals surface area (Å²) in [7, 11) is 0. The van der Waals surface area contributed by atoms with E-state index in [4.69, 9.17) is 10.4 Å². The Bertz CT molecular complexity index is 510. The first-order valence-corrected chi connectivity index (χ1v) is 9.16. The predicted octanol–water partition coefficient (Wildman–Crippen LogP) is 6.02. The fraction of sp³-hybridized carbons (Fsp3) is 0.409. The van der Waals surface area contributed by atoms with Crippen LogP contribution in [0.3, 0.4) is 0 Å². The van der Waals surface area contributed by atoms with Gasteiger partial charge in [0.25, 0.3) is 0 Å². The zero-order chi connectivity index (χ0) is 19.3. The molecular formula is C22H32O4. The van der Waals surface area contributed by atoms with E-state index in [1.54, 1.807) is 6.08 Å². The summed E-state index contributed by atoms with van der Waals surface area (Å²) in [5, 5.41) is 17.4. The van der Waals surface area contributed by atoms with Gasteiger partial charge in [-0.05, 0) is 38.5 Å². The van der Waals surface area contributed by atoms with E-state index in [0.717, 1.165) is 25.7 Å². The van der Waals surface area contributed by atoms with Gasteiger partial charge in [0.05, 0.1) is 0 Å². The highest BCUT2D eigenvalue weighted by Crippen LogP contribution is 2.02. The molecule has 0 amide bonds. The Morgan fingerprint density at radius 1 is 0.885 bits per heavy atom. The van der Waals surface area contributed by atoms with Gasteiger partial charge in [-0.15, -0.1) is 0 Å². The van der Waals surface area contributed by atoms with Crippen LogP contribution in [-0.4, -0.2) is 22.4 Å². The van der Waals surface area contributed by atoms with Gasteiger partial charge in [0.1, 0.15) is 6.10 Å².